The lowest BCUT2D eigenvalue weighted by Gasteiger charge is -2.24. The van der Waals surface area contributed by atoms with Gasteiger partial charge in [0.25, 0.3) is 0 Å². The molecule has 0 saturated carbocycles. The van der Waals surface area contributed by atoms with Crippen LogP contribution in [0.1, 0.15) is 29.6 Å². The highest BCUT2D eigenvalue weighted by atomic mass is 16.1. The van der Waals surface area contributed by atoms with Gasteiger partial charge in [0.1, 0.15) is 0 Å². The van der Waals surface area contributed by atoms with Crippen molar-refractivity contribution in [3.63, 3.8) is 0 Å². The molecule has 2 heteroatoms. The zero-order chi connectivity index (χ0) is 15.2. The summed E-state index contributed by atoms with van der Waals surface area (Å²) in [5, 5.41) is 0. The Hall–Kier alpha value is -2.35. The summed E-state index contributed by atoms with van der Waals surface area (Å²) >= 11 is 0. The van der Waals surface area contributed by atoms with Crippen LogP contribution in [0.2, 0.25) is 0 Å². The number of benzene rings is 2. The van der Waals surface area contributed by atoms with E-state index in [1.54, 1.807) is 6.08 Å². The first-order valence-electron chi connectivity index (χ1n) is 7.95. The lowest BCUT2D eigenvalue weighted by molar-refractivity contribution is 0.104. The monoisotopic (exact) mass is 291 g/mol. The second-order valence-corrected chi connectivity index (χ2v) is 5.72. The summed E-state index contributed by atoms with van der Waals surface area (Å²) < 4.78 is 0. The summed E-state index contributed by atoms with van der Waals surface area (Å²) in [6.45, 7) is 2.13. The van der Waals surface area contributed by atoms with Crippen molar-refractivity contribution >= 4 is 5.78 Å². The second kappa shape index (κ2) is 7.08. The third kappa shape index (κ3) is 3.64. The number of hydrogen-bond donors (Lipinski definition) is 0. The van der Waals surface area contributed by atoms with E-state index in [2.05, 4.69) is 17.0 Å². The van der Waals surface area contributed by atoms with Crippen LogP contribution >= 0.6 is 0 Å². The molecule has 0 N–H and O–H groups in total. The smallest absolute Gasteiger partial charge is 0.187 e. The minimum atomic E-state index is 0.0742. The number of piperidine rings is 1. The number of nitrogens with zero attached hydrogens (tertiary/aromatic N) is 1. The Morgan fingerprint density at radius 2 is 1.45 bits per heavy atom. The summed E-state index contributed by atoms with van der Waals surface area (Å²) in [7, 11) is 0. The minimum Gasteiger partial charge on any atom is -0.377 e. The van der Waals surface area contributed by atoms with E-state index in [-0.39, 0.29) is 5.78 Å². The van der Waals surface area contributed by atoms with Gasteiger partial charge in [-0.15, -0.1) is 0 Å². The van der Waals surface area contributed by atoms with Gasteiger partial charge in [-0.05, 0) is 30.4 Å². The molecule has 3 rings (SSSR count). The van der Waals surface area contributed by atoms with Gasteiger partial charge >= 0.3 is 0 Å². The zero-order valence-corrected chi connectivity index (χ0v) is 12.7. The molecule has 0 radical (unpaired) electrons. The molecule has 1 fully saturated rings. The van der Waals surface area contributed by atoms with Gasteiger partial charge in [-0.25, -0.2) is 0 Å². The van der Waals surface area contributed by atoms with Crippen molar-refractivity contribution in [1.82, 2.24) is 4.90 Å². The molecule has 0 bridgehead atoms. The summed E-state index contributed by atoms with van der Waals surface area (Å²) in [6, 6.07) is 18.0. The molecule has 2 aromatic rings. The summed E-state index contributed by atoms with van der Waals surface area (Å²) in [6.07, 6.45) is 7.41. The highest BCUT2D eigenvalue weighted by molar-refractivity contribution is 6.04. The van der Waals surface area contributed by atoms with Crippen LogP contribution in [0.4, 0.5) is 0 Å². The summed E-state index contributed by atoms with van der Waals surface area (Å²) in [5.74, 6) is 0.0742. The molecule has 0 atom stereocenters. The third-order valence-electron chi connectivity index (χ3n) is 4.10. The molecule has 0 aromatic heterocycles. The van der Waals surface area contributed by atoms with Crippen LogP contribution in [0, 0.1) is 0 Å². The Labute approximate surface area is 132 Å². The topological polar surface area (TPSA) is 20.3 Å². The molecular formula is C20H21NO. The number of rotatable bonds is 4. The number of ketones is 1. The van der Waals surface area contributed by atoms with Gasteiger partial charge in [0.2, 0.25) is 0 Å². The number of carbonyl (C=O) groups is 1. The van der Waals surface area contributed by atoms with Crippen LogP contribution in [0.25, 0.3) is 11.1 Å². The molecule has 2 nitrogen and oxygen atoms in total. The number of likely N-dealkylation sites (tertiary alicyclic amines) is 1. The Balaban J connectivity index is 1.67. The number of allylic oxidation sites excluding steroid dienone is 1. The summed E-state index contributed by atoms with van der Waals surface area (Å²) in [4.78, 5) is 14.5. The number of carbonyl (C=O) groups excluding carboxylic acids is 1. The largest absolute Gasteiger partial charge is 0.377 e. The molecule has 1 aliphatic heterocycles. The molecular weight excluding hydrogens is 270 g/mol. The van der Waals surface area contributed by atoms with Crippen LogP contribution in [-0.4, -0.2) is 23.8 Å². The van der Waals surface area contributed by atoms with Gasteiger partial charge in [-0.1, -0.05) is 54.6 Å². The van der Waals surface area contributed by atoms with E-state index in [9.17, 15) is 4.79 Å². The van der Waals surface area contributed by atoms with Crippen molar-refractivity contribution in [2.45, 2.75) is 19.3 Å². The first-order chi connectivity index (χ1) is 10.8. The fourth-order valence-electron chi connectivity index (χ4n) is 2.79. The van der Waals surface area contributed by atoms with Gasteiger partial charge in [-0.2, -0.15) is 0 Å². The van der Waals surface area contributed by atoms with Crippen molar-refractivity contribution in [2.24, 2.45) is 0 Å². The van der Waals surface area contributed by atoms with Gasteiger partial charge in [-0.3, -0.25) is 4.79 Å². The van der Waals surface area contributed by atoms with E-state index in [1.807, 2.05) is 48.7 Å². The van der Waals surface area contributed by atoms with Crippen molar-refractivity contribution in [3.8, 4) is 11.1 Å². The lowest BCUT2D eigenvalue weighted by Crippen LogP contribution is -2.24. The first-order valence-corrected chi connectivity index (χ1v) is 7.95. The van der Waals surface area contributed by atoms with Crippen molar-refractivity contribution in [2.75, 3.05) is 13.1 Å². The zero-order valence-electron chi connectivity index (χ0n) is 12.7. The molecule has 0 aliphatic carbocycles. The Kier molecular flexibility index (Phi) is 4.69. The Morgan fingerprint density at radius 1 is 0.818 bits per heavy atom. The minimum absolute atomic E-state index is 0.0742. The molecule has 0 unspecified atom stereocenters. The summed E-state index contributed by atoms with van der Waals surface area (Å²) in [5.41, 5.74) is 3.05. The number of hydrogen-bond acceptors (Lipinski definition) is 2. The van der Waals surface area contributed by atoms with E-state index < -0.39 is 0 Å². The Bertz CT molecular complexity index is 637. The molecule has 0 spiro atoms. The second-order valence-electron chi connectivity index (χ2n) is 5.72. The lowest BCUT2D eigenvalue weighted by atomic mass is 10.0. The predicted molar refractivity (Wildman–Crippen MR) is 90.8 cm³/mol. The first kappa shape index (κ1) is 14.6. The standard InChI is InChI=1S/C20H21NO/c22-20(13-16-21-14-5-2-6-15-21)19-11-9-18(10-12-19)17-7-3-1-4-8-17/h1,3-4,7-13,16H,2,5-6,14-15H2/b16-13+. The molecule has 1 heterocycles. The van der Waals surface area contributed by atoms with Crippen molar-refractivity contribution in [3.05, 3.63) is 72.4 Å². The van der Waals surface area contributed by atoms with Crippen LogP contribution < -0.4 is 0 Å². The van der Waals surface area contributed by atoms with Gasteiger partial charge in [0.15, 0.2) is 5.78 Å². The quantitative estimate of drug-likeness (QED) is 0.609. The molecule has 1 saturated heterocycles. The molecule has 22 heavy (non-hydrogen) atoms. The predicted octanol–water partition coefficient (Wildman–Crippen LogP) is 4.54. The molecule has 2 aromatic carbocycles. The molecule has 112 valence electrons. The molecule has 0 amide bonds. The van der Waals surface area contributed by atoms with Gasteiger partial charge < -0.3 is 4.90 Å². The molecule has 1 aliphatic rings. The van der Waals surface area contributed by atoms with Crippen LogP contribution in [-0.2, 0) is 0 Å². The van der Waals surface area contributed by atoms with Crippen molar-refractivity contribution < 1.29 is 4.79 Å². The van der Waals surface area contributed by atoms with E-state index in [1.165, 1.54) is 24.8 Å². The normalized spacial score (nSPS) is 15.2. The van der Waals surface area contributed by atoms with Gasteiger partial charge in [0.05, 0.1) is 0 Å². The SMILES string of the molecule is O=C(/C=C/N1CCCCC1)c1ccc(-c2ccccc2)cc1. The van der Waals surface area contributed by atoms with Crippen LogP contribution in [0.5, 0.6) is 0 Å². The van der Waals surface area contributed by atoms with Crippen LogP contribution in [0.3, 0.4) is 0 Å². The van der Waals surface area contributed by atoms with Crippen LogP contribution in [0.15, 0.2) is 66.9 Å². The average Bonchev–Trinajstić information content (AvgIpc) is 2.61. The van der Waals surface area contributed by atoms with Gasteiger partial charge in [0, 0.05) is 30.9 Å². The third-order valence-corrected chi connectivity index (χ3v) is 4.10. The van der Waals surface area contributed by atoms with Crippen molar-refractivity contribution in [1.29, 1.82) is 0 Å². The van der Waals surface area contributed by atoms with E-state index in [0.29, 0.717) is 0 Å². The highest BCUT2D eigenvalue weighted by Crippen LogP contribution is 2.19. The maximum Gasteiger partial charge on any atom is 0.187 e. The van der Waals surface area contributed by atoms with E-state index in [4.69, 9.17) is 0 Å². The average molecular weight is 291 g/mol. The van der Waals surface area contributed by atoms with E-state index in [0.717, 1.165) is 24.2 Å². The van der Waals surface area contributed by atoms with E-state index >= 15 is 0 Å². The fourth-order valence-corrected chi connectivity index (χ4v) is 2.79. The maximum atomic E-state index is 12.2. The Morgan fingerprint density at radius 3 is 2.14 bits per heavy atom. The maximum absolute atomic E-state index is 12.2. The highest BCUT2D eigenvalue weighted by Gasteiger charge is 2.07. The fraction of sp³-hybridized carbons (Fsp3) is 0.250.